The zero-order valence-corrected chi connectivity index (χ0v) is 13.6. The number of amides is 1. The molecule has 1 atom stereocenters. The Hall–Kier alpha value is -2.28. The molecule has 0 aliphatic heterocycles. The van der Waals surface area contributed by atoms with Gasteiger partial charge in [-0.15, -0.1) is 0 Å². The van der Waals surface area contributed by atoms with Crippen LogP contribution in [0.2, 0.25) is 0 Å². The minimum atomic E-state index is -4.50. The molecule has 1 aromatic heterocycles. The van der Waals surface area contributed by atoms with Crippen molar-refractivity contribution in [3.05, 3.63) is 58.4 Å². The van der Waals surface area contributed by atoms with Crippen LogP contribution >= 0.6 is 0 Å². The topological polar surface area (TPSA) is 65.1 Å². The predicted octanol–water partition coefficient (Wildman–Crippen LogP) is 3.29. The third-order valence-corrected chi connectivity index (χ3v) is 3.91. The molecule has 4 nitrogen and oxygen atoms in total. The van der Waals surface area contributed by atoms with E-state index in [1.807, 2.05) is 0 Å². The van der Waals surface area contributed by atoms with Gasteiger partial charge in [-0.25, -0.2) is 0 Å². The van der Waals surface area contributed by atoms with Crippen molar-refractivity contribution >= 4 is 5.91 Å². The molecule has 0 radical (unpaired) electrons. The quantitative estimate of drug-likeness (QED) is 0.800. The first-order valence-electron chi connectivity index (χ1n) is 7.34. The van der Waals surface area contributed by atoms with Crippen LogP contribution in [0.25, 0.3) is 0 Å². The highest BCUT2D eigenvalue weighted by molar-refractivity contribution is 5.94. The molecule has 1 amide bonds. The lowest BCUT2D eigenvalue weighted by molar-refractivity contribution is -0.137. The summed E-state index contributed by atoms with van der Waals surface area (Å²) in [5.41, 5.74) is -0.171. The summed E-state index contributed by atoms with van der Waals surface area (Å²) in [5.74, 6) is -0.491. The Morgan fingerprint density at radius 1 is 1.21 bits per heavy atom. The number of nitrogens with one attached hydrogen (secondary N) is 2. The zero-order chi connectivity index (χ0) is 18.1. The molecular weight excluding hydrogens is 321 g/mol. The lowest BCUT2D eigenvalue weighted by Gasteiger charge is -2.30. The van der Waals surface area contributed by atoms with Crippen LogP contribution in [0.3, 0.4) is 0 Å². The second-order valence-corrected chi connectivity index (χ2v) is 6.03. The van der Waals surface area contributed by atoms with Gasteiger partial charge in [0.1, 0.15) is 5.69 Å². The van der Waals surface area contributed by atoms with Crippen molar-refractivity contribution in [2.45, 2.75) is 32.5 Å². The summed E-state index contributed by atoms with van der Waals surface area (Å²) >= 11 is 0. The standard InChI is InChI=1S/C17H19F3N2O2/c1-10-7-11(2)21-14(10)15(24)22-16(3,9-23)12-5-4-6-13(8-12)17(18,19)20/h4-8,21,23H,9H2,1-3H3,(H,22,24). The van der Waals surface area contributed by atoms with Crippen LogP contribution in [0.1, 0.15) is 39.8 Å². The van der Waals surface area contributed by atoms with E-state index in [0.29, 0.717) is 11.3 Å². The first-order valence-corrected chi connectivity index (χ1v) is 7.34. The van der Waals surface area contributed by atoms with E-state index < -0.39 is 29.8 Å². The maximum Gasteiger partial charge on any atom is 0.416 e. The molecule has 2 rings (SSSR count). The number of benzene rings is 1. The van der Waals surface area contributed by atoms with Gasteiger partial charge in [-0.2, -0.15) is 13.2 Å². The SMILES string of the molecule is Cc1cc(C)c(C(=O)NC(C)(CO)c2cccc(C(F)(F)F)c2)[nH]1. The van der Waals surface area contributed by atoms with Crippen LogP contribution < -0.4 is 5.32 Å². The molecule has 1 unspecified atom stereocenters. The first kappa shape index (κ1) is 18.1. The van der Waals surface area contributed by atoms with Crippen molar-refractivity contribution in [1.29, 1.82) is 0 Å². The molecule has 0 saturated carbocycles. The Morgan fingerprint density at radius 2 is 1.83 bits per heavy atom. The van der Waals surface area contributed by atoms with E-state index in [1.54, 1.807) is 19.9 Å². The number of aliphatic hydroxyl groups excluding tert-OH is 1. The van der Waals surface area contributed by atoms with E-state index in [9.17, 15) is 23.1 Å². The Bertz CT molecular complexity index is 753. The Balaban J connectivity index is 2.35. The molecular formula is C17H19F3N2O2. The van der Waals surface area contributed by atoms with Crippen molar-refractivity contribution in [3.8, 4) is 0 Å². The number of aromatic amines is 1. The normalized spacial score (nSPS) is 14.3. The highest BCUT2D eigenvalue weighted by Crippen LogP contribution is 2.32. The Labute approximate surface area is 137 Å². The third kappa shape index (κ3) is 3.62. The van der Waals surface area contributed by atoms with E-state index in [4.69, 9.17) is 0 Å². The minimum Gasteiger partial charge on any atom is -0.394 e. The molecule has 24 heavy (non-hydrogen) atoms. The van der Waals surface area contributed by atoms with Gasteiger partial charge in [0.25, 0.3) is 5.91 Å². The van der Waals surface area contributed by atoms with E-state index in [0.717, 1.165) is 17.8 Å². The number of aliphatic hydroxyl groups is 1. The van der Waals surface area contributed by atoms with Gasteiger partial charge in [-0.3, -0.25) is 4.79 Å². The zero-order valence-electron chi connectivity index (χ0n) is 13.6. The molecule has 0 aliphatic carbocycles. The molecule has 3 N–H and O–H groups in total. The first-order chi connectivity index (χ1) is 11.1. The number of H-pyrrole nitrogens is 1. The van der Waals surface area contributed by atoms with Gasteiger partial charge in [0.2, 0.25) is 0 Å². The van der Waals surface area contributed by atoms with Crippen molar-refractivity contribution < 1.29 is 23.1 Å². The summed E-state index contributed by atoms with van der Waals surface area (Å²) < 4.78 is 38.7. The Morgan fingerprint density at radius 3 is 2.33 bits per heavy atom. The second-order valence-electron chi connectivity index (χ2n) is 6.03. The second kappa shape index (κ2) is 6.32. The summed E-state index contributed by atoms with van der Waals surface area (Å²) in [6.07, 6.45) is -4.50. The van der Waals surface area contributed by atoms with Crippen molar-refractivity contribution in [2.75, 3.05) is 6.61 Å². The van der Waals surface area contributed by atoms with Crippen LogP contribution in [0.4, 0.5) is 13.2 Å². The molecule has 0 fully saturated rings. The van der Waals surface area contributed by atoms with Gasteiger partial charge in [-0.1, -0.05) is 12.1 Å². The molecule has 0 spiro atoms. The van der Waals surface area contributed by atoms with Gasteiger partial charge >= 0.3 is 6.18 Å². The molecule has 7 heteroatoms. The van der Waals surface area contributed by atoms with Crippen molar-refractivity contribution in [3.63, 3.8) is 0 Å². The van der Waals surface area contributed by atoms with Gasteiger partial charge in [0.15, 0.2) is 0 Å². The maximum atomic E-state index is 12.9. The van der Waals surface area contributed by atoms with Crippen LogP contribution in [-0.2, 0) is 11.7 Å². The fraction of sp³-hybridized carbons (Fsp3) is 0.353. The number of aromatic nitrogens is 1. The van der Waals surface area contributed by atoms with Crippen LogP contribution in [0, 0.1) is 13.8 Å². The molecule has 0 bridgehead atoms. The van der Waals surface area contributed by atoms with Gasteiger partial charge < -0.3 is 15.4 Å². The number of hydrogen-bond donors (Lipinski definition) is 3. The molecule has 2 aromatic rings. The van der Waals surface area contributed by atoms with E-state index >= 15 is 0 Å². The Kier molecular flexibility index (Phi) is 4.75. The van der Waals surface area contributed by atoms with Crippen LogP contribution in [0.15, 0.2) is 30.3 Å². The summed E-state index contributed by atoms with van der Waals surface area (Å²) in [6.45, 7) is 4.48. The number of hydrogen-bond acceptors (Lipinski definition) is 2. The molecule has 0 saturated heterocycles. The third-order valence-electron chi connectivity index (χ3n) is 3.91. The fourth-order valence-corrected chi connectivity index (χ4v) is 2.52. The van der Waals surface area contributed by atoms with Gasteiger partial charge in [0, 0.05) is 5.69 Å². The number of carbonyl (C=O) groups is 1. The smallest absolute Gasteiger partial charge is 0.394 e. The van der Waals surface area contributed by atoms with Crippen LogP contribution in [0.5, 0.6) is 0 Å². The van der Waals surface area contributed by atoms with E-state index in [2.05, 4.69) is 10.3 Å². The monoisotopic (exact) mass is 340 g/mol. The number of carbonyl (C=O) groups excluding carboxylic acids is 1. The molecule has 0 aliphatic rings. The van der Waals surface area contributed by atoms with E-state index in [1.165, 1.54) is 19.1 Å². The minimum absolute atomic E-state index is 0.175. The number of rotatable bonds is 4. The van der Waals surface area contributed by atoms with Crippen molar-refractivity contribution in [2.24, 2.45) is 0 Å². The highest BCUT2D eigenvalue weighted by atomic mass is 19.4. The lowest BCUT2D eigenvalue weighted by atomic mass is 9.91. The summed E-state index contributed by atoms with van der Waals surface area (Å²) in [4.78, 5) is 15.3. The number of alkyl halides is 3. The lowest BCUT2D eigenvalue weighted by Crippen LogP contribution is -2.46. The average Bonchev–Trinajstić information content (AvgIpc) is 2.85. The predicted molar refractivity (Wildman–Crippen MR) is 83.6 cm³/mol. The largest absolute Gasteiger partial charge is 0.416 e. The molecule has 1 heterocycles. The maximum absolute atomic E-state index is 12.9. The fourth-order valence-electron chi connectivity index (χ4n) is 2.52. The van der Waals surface area contributed by atoms with Crippen molar-refractivity contribution in [1.82, 2.24) is 10.3 Å². The highest BCUT2D eigenvalue weighted by Gasteiger charge is 2.34. The summed E-state index contributed by atoms with van der Waals surface area (Å²) in [6, 6.07) is 6.36. The van der Waals surface area contributed by atoms with E-state index in [-0.39, 0.29) is 5.56 Å². The summed E-state index contributed by atoms with van der Waals surface area (Å²) in [7, 11) is 0. The number of halogens is 3. The van der Waals surface area contributed by atoms with Crippen LogP contribution in [-0.4, -0.2) is 22.6 Å². The number of aryl methyl sites for hydroxylation is 2. The average molecular weight is 340 g/mol. The summed E-state index contributed by atoms with van der Waals surface area (Å²) in [5, 5.41) is 12.3. The molecule has 1 aromatic carbocycles. The van der Waals surface area contributed by atoms with Gasteiger partial charge in [-0.05, 0) is 50.1 Å². The molecule has 130 valence electrons. The van der Waals surface area contributed by atoms with Gasteiger partial charge in [0.05, 0.1) is 17.7 Å².